The number of nitrogens with two attached hydrogens (primary N) is 4. The summed E-state index contributed by atoms with van der Waals surface area (Å²) in [6, 6.07) is 7.72. The summed E-state index contributed by atoms with van der Waals surface area (Å²) in [4.78, 5) is 157. The molecule has 91 heavy (non-hydrogen) atoms. The number of fused-ring (bicyclic) bond motifs is 1. The van der Waals surface area contributed by atoms with E-state index in [1.807, 2.05) is 13.0 Å². The lowest BCUT2D eigenvalue weighted by Gasteiger charge is -2.28. The van der Waals surface area contributed by atoms with Crippen molar-refractivity contribution in [2.24, 2.45) is 33.8 Å². The number of guanidine groups is 1. The molecule has 0 saturated carbocycles. The number of hydrogen-bond donors (Lipinski definition) is 18. The van der Waals surface area contributed by atoms with E-state index in [4.69, 9.17) is 22.9 Å². The zero-order chi connectivity index (χ0) is 67.3. The van der Waals surface area contributed by atoms with E-state index in [-0.39, 0.29) is 75.7 Å². The van der Waals surface area contributed by atoms with Gasteiger partial charge >= 0.3 is 11.9 Å². The molecule has 30 nitrogen and oxygen atoms in total. The van der Waals surface area contributed by atoms with Crippen LogP contribution in [0.4, 0.5) is 0 Å². The second-order valence-electron chi connectivity index (χ2n) is 22.1. The molecule has 4 aromatic rings. The van der Waals surface area contributed by atoms with Gasteiger partial charge < -0.3 is 96.2 Å². The van der Waals surface area contributed by atoms with Gasteiger partial charge in [0.05, 0.1) is 18.7 Å². The minimum Gasteiger partial charge on any atom is -0.508 e. The van der Waals surface area contributed by atoms with E-state index in [1.165, 1.54) is 31.2 Å². The number of aromatic hydroxyl groups is 1. The highest BCUT2D eigenvalue weighted by molar-refractivity contribution is 5.99. The Kier molecular flexibility index (Phi) is 30.3. The van der Waals surface area contributed by atoms with Gasteiger partial charge in [-0.3, -0.25) is 52.9 Å². The first-order valence-electron chi connectivity index (χ1n) is 29.9. The number of H-pyrrole nitrogens is 1. The number of carbonyl (C=O) groups excluding carboxylic acids is 9. The van der Waals surface area contributed by atoms with Crippen molar-refractivity contribution in [1.82, 2.24) is 52.8 Å². The highest BCUT2D eigenvalue weighted by Gasteiger charge is 2.36. The number of aromatic nitrogens is 1. The van der Waals surface area contributed by atoms with Gasteiger partial charge in [-0.15, -0.1) is 0 Å². The Bertz CT molecular complexity index is 3140. The molecule has 496 valence electrons. The van der Waals surface area contributed by atoms with E-state index in [1.54, 1.807) is 61.7 Å². The third-order valence-electron chi connectivity index (χ3n) is 14.9. The second-order valence-corrected chi connectivity index (χ2v) is 22.1. The number of aliphatic hydroxyl groups excluding tert-OH is 1. The molecule has 0 fully saturated rings. The molecule has 0 aliphatic rings. The number of carboxylic acids is 2. The van der Waals surface area contributed by atoms with Crippen molar-refractivity contribution in [1.29, 1.82) is 0 Å². The van der Waals surface area contributed by atoms with Crippen LogP contribution in [0.15, 0.2) is 90.1 Å². The van der Waals surface area contributed by atoms with Crippen molar-refractivity contribution in [3.05, 3.63) is 102 Å². The van der Waals surface area contributed by atoms with Gasteiger partial charge in [-0.05, 0) is 99.7 Å². The smallest absolute Gasteiger partial charge is 0.326 e. The van der Waals surface area contributed by atoms with Crippen molar-refractivity contribution in [2.75, 3.05) is 19.6 Å². The lowest BCUT2D eigenvalue weighted by atomic mass is 9.99. The number of benzene rings is 3. The summed E-state index contributed by atoms with van der Waals surface area (Å²) in [5.74, 6) is -11.6. The molecular formula is C61H87N15O15. The zero-order valence-electron chi connectivity index (χ0n) is 51.4. The molecule has 0 radical (unpaired) electrons. The Morgan fingerprint density at radius 1 is 0.571 bits per heavy atom. The molecule has 0 saturated heterocycles. The van der Waals surface area contributed by atoms with Gasteiger partial charge in [0, 0.05) is 49.3 Å². The standard InChI is InChI=1S/C61H87N15O15/c1-5-33(2)50(63)58(88)68-32-48(79)70-47(30-38-31-67-41-17-10-9-16-40(38)41)56(86)71-42(18-11-12-26-62)53(83)72-43(24-25-49(80)81)54(84)75-46(28-36-14-7-6-8-15-36)57(87)76-51(35(4)77)59(89)69-34(3)52(82)74-45(29-37-20-22-39(78)23-21-37)55(85)73-44(60(90)91)19-13-27-66-61(64)65/h6-10,14-17,20-23,31,33-35,42-47,50-51,67,77-78H,5,11-13,18-19,24-30,32,62-63H2,1-4H3,(H,68,88)(H,69,89)(H,70,79)(H,71,86)(H,72,83)(H,73,85)(H,74,82)(H,75,84)(H,76,87)(H,80,81)(H,90,91)(H4,64,65,66)/t33-,34-,35+,42-,43-,44-,45-,46-,47-,50-,51-/m0/s1. The van der Waals surface area contributed by atoms with Gasteiger partial charge in [0.1, 0.15) is 54.1 Å². The molecule has 0 unspecified atom stereocenters. The molecule has 11 atom stereocenters. The Labute approximate surface area is 526 Å². The number of carboxylic acid groups (broad SMARTS) is 2. The van der Waals surface area contributed by atoms with Crippen LogP contribution in [-0.4, -0.2) is 177 Å². The second kappa shape index (κ2) is 37.3. The molecule has 1 heterocycles. The molecular weight excluding hydrogens is 1180 g/mol. The Morgan fingerprint density at radius 2 is 1.10 bits per heavy atom. The summed E-state index contributed by atoms with van der Waals surface area (Å²) in [5.41, 5.74) is 24.8. The Balaban J connectivity index is 1.58. The summed E-state index contributed by atoms with van der Waals surface area (Å²) in [5, 5.41) is 63.8. The highest BCUT2D eigenvalue weighted by atomic mass is 16.4. The number of amides is 9. The van der Waals surface area contributed by atoms with E-state index in [0.717, 1.165) is 17.8 Å². The van der Waals surface area contributed by atoms with Crippen molar-refractivity contribution >= 4 is 82.0 Å². The van der Waals surface area contributed by atoms with Crippen LogP contribution in [0.1, 0.15) is 95.8 Å². The van der Waals surface area contributed by atoms with Gasteiger partial charge in [0.15, 0.2) is 5.96 Å². The third-order valence-corrected chi connectivity index (χ3v) is 14.9. The average molecular weight is 1270 g/mol. The minimum atomic E-state index is -1.83. The summed E-state index contributed by atoms with van der Waals surface area (Å²) in [6.45, 7) is 5.72. The quantitative estimate of drug-likeness (QED) is 0.0128. The fourth-order valence-electron chi connectivity index (χ4n) is 9.38. The van der Waals surface area contributed by atoms with Crippen molar-refractivity contribution in [3.8, 4) is 5.75 Å². The zero-order valence-corrected chi connectivity index (χ0v) is 51.4. The summed E-state index contributed by atoms with van der Waals surface area (Å²) < 4.78 is 0. The van der Waals surface area contributed by atoms with Crippen LogP contribution in [0.2, 0.25) is 0 Å². The number of phenolic OH excluding ortho intramolecular Hbond substituents is 1. The maximum Gasteiger partial charge on any atom is 0.326 e. The number of para-hydroxylation sites is 1. The van der Waals surface area contributed by atoms with E-state index < -0.39 is 145 Å². The number of aliphatic hydroxyl groups is 1. The Morgan fingerprint density at radius 3 is 1.68 bits per heavy atom. The maximum atomic E-state index is 14.5. The largest absolute Gasteiger partial charge is 0.508 e. The lowest BCUT2D eigenvalue weighted by molar-refractivity contribution is -0.142. The molecule has 4 rings (SSSR count). The van der Waals surface area contributed by atoms with Gasteiger partial charge in [0.2, 0.25) is 53.2 Å². The fraction of sp³-hybridized carbons (Fsp3) is 0.475. The van der Waals surface area contributed by atoms with E-state index in [2.05, 4.69) is 57.8 Å². The number of aromatic amines is 1. The third kappa shape index (κ3) is 25.0. The molecule has 0 bridgehead atoms. The molecule has 0 aliphatic heterocycles. The van der Waals surface area contributed by atoms with E-state index in [0.29, 0.717) is 29.5 Å². The lowest BCUT2D eigenvalue weighted by Crippen LogP contribution is -2.62. The van der Waals surface area contributed by atoms with Crippen molar-refractivity contribution in [2.45, 2.75) is 159 Å². The molecule has 9 amide bonds. The maximum absolute atomic E-state index is 14.5. The van der Waals surface area contributed by atoms with Gasteiger partial charge in [-0.1, -0.05) is 80.9 Å². The first kappa shape index (κ1) is 73.8. The summed E-state index contributed by atoms with van der Waals surface area (Å²) in [6.07, 6.45) is -0.615. The number of rotatable bonds is 39. The monoisotopic (exact) mass is 1270 g/mol. The van der Waals surface area contributed by atoms with Crippen LogP contribution in [0, 0.1) is 5.92 Å². The highest BCUT2D eigenvalue weighted by Crippen LogP contribution is 2.20. The van der Waals surface area contributed by atoms with Crippen LogP contribution in [-0.2, 0) is 72.0 Å². The number of nitrogens with zero attached hydrogens (tertiary/aromatic N) is 1. The molecule has 0 spiro atoms. The fourth-order valence-corrected chi connectivity index (χ4v) is 9.38. The Hall–Kier alpha value is -9.68. The number of phenols is 1. The first-order valence-corrected chi connectivity index (χ1v) is 29.9. The topological polar surface area (TPSA) is 509 Å². The summed E-state index contributed by atoms with van der Waals surface area (Å²) in [7, 11) is 0. The average Bonchev–Trinajstić information content (AvgIpc) is 2.75. The molecule has 0 aliphatic carbocycles. The van der Waals surface area contributed by atoms with Crippen molar-refractivity contribution < 1.29 is 73.2 Å². The van der Waals surface area contributed by atoms with Crippen LogP contribution in [0.5, 0.6) is 5.75 Å². The molecule has 3 aromatic carbocycles. The molecule has 30 heteroatoms. The predicted molar refractivity (Wildman–Crippen MR) is 335 cm³/mol. The molecule has 1 aromatic heterocycles. The number of aliphatic imine (C=N–C) groups is 1. The van der Waals surface area contributed by atoms with E-state index >= 15 is 0 Å². The number of hydrogen-bond acceptors (Lipinski definition) is 16. The van der Waals surface area contributed by atoms with Gasteiger partial charge in [0.25, 0.3) is 0 Å². The SMILES string of the molecule is CC[C@H](C)[C@H](N)C(=O)NCC(=O)N[C@@H](Cc1c[nH]c2ccccc12)C(=O)N[C@@H](CCCCN)C(=O)N[C@@H](CCC(=O)O)C(=O)N[C@@H](Cc1ccccc1)C(=O)N[C@H](C(=O)N[C@@H](C)C(=O)N[C@@H](Cc1ccc(O)cc1)C(=O)N[C@@H](CCCN=C(N)N)C(=O)O)[C@@H](C)O. The predicted octanol–water partition coefficient (Wildman–Crippen LogP) is -2.20. The number of unbranched alkanes of at least 4 members (excludes halogenated alkanes) is 1. The number of carbonyl (C=O) groups is 11. The van der Waals surface area contributed by atoms with Gasteiger partial charge in [-0.25, -0.2) is 4.79 Å². The van der Waals surface area contributed by atoms with Crippen LogP contribution in [0.25, 0.3) is 10.9 Å². The number of nitrogens with one attached hydrogen (secondary N) is 10. The van der Waals surface area contributed by atoms with E-state index in [9.17, 15) is 73.2 Å². The minimum absolute atomic E-state index is 0.0577. The normalized spacial score (nSPS) is 14.7. The van der Waals surface area contributed by atoms with Gasteiger partial charge in [-0.2, -0.15) is 0 Å². The van der Waals surface area contributed by atoms with Crippen LogP contribution >= 0.6 is 0 Å². The number of aliphatic carboxylic acids is 2. The molecule has 22 N–H and O–H groups in total. The summed E-state index contributed by atoms with van der Waals surface area (Å²) >= 11 is 0. The van der Waals surface area contributed by atoms with Crippen LogP contribution < -0.4 is 70.8 Å². The van der Waals surface area contributed by atoms with Crippen LogP contribution in [0.3, 0.4) is 0 Å². The van der Waals surface area contributed by atoms with Crippen molar-refractivity contribution in [3.63, 3.8) is 0 Å². The first-order chi connectivity index (χ1) is 43.2.